The number of alkyl halides is 6. The maximum absolute atomic E-state index is 14.0. The number of quaternary nitrogens is 1. The van der Waals surface area contributed by atoms with Crippen molar-refractivity contribution < 1.29 is 35.6 Å². The second-order valence-electron chi connectivity index (χ2n) is 10.8. The zero-order chi connectivity index (χ0) is 26.6. The summed E-state index contributed by atoms with van der Waals surface area (Å²) in [7, 11) is 0. The number of fused-ring (bicyclic) bond motifs is 3. The van der Waals surface area contributed by atoms with Crippen LogP contribution in [0.5, 0.6) is 0 Å². The number of para-hydroxylation sites is 1. The van der Waals surface area contributed by atoms with Gasteiger partial charge < -0.3 is 10.6 Å². The SMILES string of the molecule is O=C1c2ccccc2NC2C(C(F)(F)F)C3C2[N+]13C1CCC(Nc2cccc3nc(C(F)(F)F)cn23)CC1. The van der Waals surface area contributed by atoms with Crippen molar-refractivity contribution in [3.63, 3.8) is 0 Å². The number of hydrogen-bond donors (Lipinski definition) is 2. The highest BCUT2D eigenvalue weighted by Crippen LogP contribution is 2.67. The molecule has 6 nitrogen and oxygen atoms in total. The Bertz CT molecular complexity index is 1440. The average Bonchev–Trinajstić information content (AvgIpc) is 3.19. The second-order valence-corrected chi connectivity index (χ2v) is 10.8. The van der Waals surface area contributed by atoms with Crippen LogP contribution in [0.15, 0.2) is 48.7 Å². The number of benzene rings is 1. The van der Waals surface area contributed by atoms with E-state index in [0.717, 1.165) is 6.20 Å². The largest absolute Gasteiger partial charge is 0.434 e. The van der Waals surface area contributed by atoms with Crippen molar-refractivity contribution in [3.8, 4) is 0 Å². The Morgan fingerprint density at radius 2 is 1.68 bits per heavy atom. The predicted octanol–water partition coefficient (Wildman–Crippen LogP) is 5.47. The van der Waals surface area contributed by atoms with E-state index >= 15 is 0 Å². The molecule has 12 heteroatoms. The summed E-state index contributed by atoms with van der Waals surface area (Å²) in [6.45, 7) is 0. The van der Waals surface area contributed by atoms with Crippen molar-refractivity contribution in [3.05, 3.63) is 59.9 Å². The highest BCUT2D eigenvalue weighted by atomic mass is 19.4. The van der Waals surface area contributed by atoms with Gasteiger partial charge in [-0.1, -0.05) is 18.2 Å². The van der Waals surface area contributed by atoms with Crippen molar-refractivity contribution in [1.29, 1.82) is 0 Å². The van der Waals surface area contributed by atoms with Gasteiger partial charge in [-0.15, -0.1) is 0 Å². The molecule has 2 N–H and O–H groups in total. The summed E-state index contributed by atoms with van der Waals surface area (Å²) in [6.07, 6.45) is -5.74. The van der Waals surface area contributed by atoms with Crippen molar-refractivity contribution in [2.45, 2.75) is 68.2 Å². The summed E-state index contributed by atoms with van der Waals surface area (Å²) in [5.74, 6) is -1.34. The van der Waals surface area contributed by atoms with Crippen LogP contribution in [0.4, 0.5) is 37.8 Å². The fraction of sp³-hybridized carbons (Fsp3) is 0.462. The predicted molar refractivity (Wildman–Crippen MR) is 125 cm³/mol. The molecular weight excluding hydrogens is 512 g/mol. The van der Waals surface area contributed by atoms with Gasteiger partial charge in [-0.2, -0.15) is 26.3 Å². The number of nitrogens with zero attached hydrogens (tertiary/aromatic N) is 3. The standard InChI is InChI=1S/C26H23F6N5O/c27-25(28,29)17-12-36-18(6-3-7-19(36)35-17)33-13-8-10-14(11-9-13)37-22-20(26(30,31)32)21(23(22)37)34-16-5-2-1-4-15(16)24(37)38/h1-7,12-14,20-23H,8-11H2,(H-,33,34,35,38)/p+1. The van der Waals surface area contributed by atoms with Crippen LogP contribution < -0.4 is 10.6 Å². The molecule has 3 fully saturated rings. The maximum atomic E-state index is 14.0. The summed E-state index contributed by atoms with van der Waals surface area (Å²) in [4.78, 5) is 17.5. The number of imidazole rings is 1. The lowest BCUT2D eigenvalue weighted by atomic mass is 9.78. The molecule has 1 amide bonds. The number of halogens is 6. The summed E-state index contributed by atoms with van der Waals surface area (Å²) in [5, 5.41) is 6.35. The lowest BCUT2D eigenvalue weighted by Crippen LogP contribution is -2.54. The first-order chi connectivity index (χ1) is 18.0. The van der Waals surface area contributed by atoms with Gasteiger partial charge in [-0.3, -0.25) is 4.40 Å². The molecule has 0 spiro atoms. The quantitative estimate of drug-likeness (QED) is 0.265. The van der Waals surface area contributed by atoms with E-state index in [1.807, 2.05) is 0 Å². The molecule has 5 atom stereocenters. The maximum Gasteiger partial charge on any atom is 0.434 e. The minimum absolute atomic E-state index is 0.0916. The first kappa shape index (κ1) is 23.8. The molecule has 7 rings (SSSR count). The molecule has 2 saturated carbocycles. The van der Waals surface area contributed by atoms with Crippen LogP contribution in [0.2, 0.25) is 0 Å². The smallest absolute Gasteiger partial charge is 0.375 e. The molecular formula is C26H24F6N5O+. The minimum atomic E-state index is -4.56. The van der Waals surface area contributed by atoms with Crippen LogP contribution in [0.25, 0.3) is 5.65 Å². The number of pyridine rings is 1. The number of rotatable bonds is 3. The number of amides is 1. The van der Waals surface area contributed by atoms with E-state index in [2.05, 4.69) is 15.6 Å². The normalized spacial score (nSPS) is 34.0. The molecule has 1 aromatic carbocycles. The van der Waals surface area contributed by atoms with Gasteiger partial charge in [0.05, 0.1) is 11.7 Å². The topological polar surface area (TPSA) is 58.4 Å². The first-order valence-corrected chi connectivity index (χ1v) is 12.7. The van der Waals surface area contributed by atoms with Crippen LogP contribution in [0.3, 0.4) is 0 Å². The van der Waals surface area contributed by atoms with Gasteiger partial charge in [0.2, 0.25) is 0 Å². The lowest BCUT2D eigenvalue weighted by molar-refractivity contribution is -0.766. The summed E-state index contributed by atoms with van der Waals surface area (Å²) >= 11 is 0. The van der Waals surface area contributed by atoms with E-state index < -0.39 is 42.1 Å². The fourth-order valence-electron chi connectivity index (χ4n) is 7.44. The molecule has 4 aliphatic rings. The molecule has 2 aliphatic heterocycles. The Hall–Kier alpha value is -3.28. The Kier molecular flexibility index (Phi) is 4.79. The molecule has 1 saturated heterocycles. The van der Waals surface area contributed by atoms with Crippen molar-refractivity contribution in [2.75, 3.05) is 10.6 Å². The molecule has 200 valence electrons. The van der Waals surface area contributed by atoms with Gasteiger partial charge in [0.25, 0.3) is 0 Å². The Morgan fingerprint density at radius 1 is 0.947 bits per heavy atom. The first-order valence-electron chi connectivity index (χ1n) is 12.7. The Labute approximate surface area is 213 Å². The molecule has 2 aliphatic carbocycles. The monoisotopic (exact) mass is 536 g/mol. The van der Waals surface area contributed by atoms with Crippen molar-refractivity contribution >= 4 is 23.1 Å². The van der Waals surface area contributed by atoms with Crippen LogP contribution in [0.1, 0.15) is 41.7 Å². The van der Waals surface area contributed by atoms with Gasteiger partial charge in [0, 0.05) is 25.1 Å². The Balaban J connectivity index is 1.14. The number of hydrogen-bond acceptors (Lipinski definition) is 4. The molecule has 0 radical (unpaired) electrons. The molecule has 4 heterocycles. The number of aromatic nitrogens is 2. The van der Waals surface area contributed by atoms with Crippen molar-refractivity contribution in [1.82, 2.24) is 9.38 Å². The van der Waals surface area contributed by atoms with Gasteiger partial charge in [0.1, 0.15) is 29.0 Å². The lowest BCUT2D eigenvalue weighted by Gasteiger charge is -2.35. The average molecular weight is 536 g/mol. The molecule has 0 bridgehead atoms. The van der Waals surface area contributed by atoms with Crippen molar-refractivity contribution in [2.24, 2.45) is 5.92 Å². The van der Waals surface area contributed by atoms with Crippen LogP contribution in [-0.2, 0) is 6.18 Å². The van der Waals surface area contributed by atoms with E-state index in [1.165, 1.54) is 10.5 Å². The number of carbonyl (C=O) groups is 1. The van der Waals surface area contributed by atoms with E-state index in [0.29, 0.717) is 42.8 Å². The molecule has 38 heavy (non-hydrogen) atoms. The fourth-order valence-corrected chi connectivity index (χ4v) is 7.44. The van der Waals surface area contributed by atoms with E-state index in [4.69, 9.17) is 0 Å². The van der Waals surface area contributed by atoms with Gasteiger partial charge in [0.15, 0.2) is 17.8 Å². The third-order valence-corrected chi connectivity index (χ3v) is 9.01. The third-order valence-electron chi connectivity index (χ3n) is 9.01. The highest BCUT2D eigenvalue weighted by molar-refractivity contribution is 5.98. The zero-order valence-corrected chi connectivity index (χ0v) is 19.9. The van der Waals surface area contributed by atoms with Gasteiger partial charge >= 0.3 is 18.3 Å². The van der Waals surface area contributed by atoms with E-state index in [1.54, 1.807) is 36.4 Å². The molecule has 2 aromatic heterocycles. The Morgan fingerprint density at radius 3 is 2.39 bits per heavy atom. The van der Waals surface area contributed by atoms with E-state index in [-0.39, 0.29) is 28.1 Å². The minimum Gasteiger partial charge on any atom is -0.375 e. The number of nitrogens with one attached hydrogen (secondary N) is 2. The summed E-state index contributed by atoms with van der Waals surface area (Å²) in [6, 6.07) is 9.27. The molecule has 5 unspecified atom stereocenters. The van der Waals surface area contributed by atoms with Gasteiger partial charge in [-0.05, 0) is 37.1 Å². The zero-order valence-electron chi connectivity index (χ0n) is 19.9. The van der Waals surface area contributed by atoms with Crippen LogP contribution >= 0.6 is 0 Å². The summed E-state index contributed by atoms with van der Waals surface area (Å²) < 4.78 is 82.9. The van der Waals surface area contributed by atoms with E-state index in [9.17, 15) is 31.1 Å². The third kappa shape index (κ3) is 3.18. The number of carbonyl (C=O) groups excluding carboxylic acids is 1. The second kappa shape index (κ2) is 7.64. The van der Waals surface area contributed by atoms with Crippen LogP contribution in [0, 0.1) is 5.92 Å². The van der Waals surface area contributed by atoms with Gasteiger partial charge in [-0.25, -0.2) is 14.3 Å². The van der Waals surface area contributed by atoms with Crippen LogP contribution in [-0.4, -0.2) is 56.2 Å². The molecule has 3 aromatic rings. The highest BCUT2D eigenvalue weighted by Gasteiger charge is 2.92. The number of anilines is 2. The summed E-state index contributed by atoms with van der Waals surface area (Å²) in [5.41, 5.74) is 0.0868.